The van der Waals surface area contributed by atoms with E-state index in [1.165, 1.54) is 0 Å². The summed E-state index contributed by atoms with van der Waals surface area (Å²) in [6.07, 6.45) is -0.621. The highest BCUT2D eigenvalue weighted by atomic mass is 32.2. The largest absolute Gasteiger partial charge is 0.267 e. The zero-order chi connectivity index (χ0) is 15.0. The van der Waals surface area contributed by atoms with E-state index >= 15 is 0 Å². The Bertz CT molecular complexity index is 805. The minimum atomic E-state index is -3.65. The minimum absolute atomic E-state index is 0.198. The molecular weight excluding hydrogens is 288 g/mol. The van der Waals surface area contributed by atoms with Crippen molar-refractivity contribution in [3.05, 3.63) is 65.2 Å². The summed E-state index contributed by atoms with van der Waals surface area (Å²) >= 11 is 0. The molecule has 2 aromatic rings. The van der Waals surface area contributed by atoms with Gasteiger partial charge in [0.15, 0.2) is 6.23 Å². The molecule has 1 fully saturated rings. The monoisotopic (exact) mass is 300 g/mol. The predicted octanol–water partition coefficient (Wildman–Crippen LogP) is 2.50. The molecule has 1 saturated heterocycles. The fourth-order valence-corrected chi connectivity index (χ4v) is 3.23. The number of hydroxylamine groups is 1. The summed E-state index contributed by atoms with van der Waals surface area (Å²) in [6.45, 7) is 1.89. The van der Waals surface area contributed by atoms with Crippen LogP contribution in [0.1, 0.15) is 22.9 Å². The number of hydrogen-bond acceptors (Lipinski definition) is 4. The highest BCUT2D eigenvalue weighted by molar-refractivity contribution is 7.89. The molecule has 0 bridgehead atoms. The molecule has 0 saturated carbocycles. The Morgan fingerprint density at radius 1 is 1.10 bits per heavy atom. The quantitative estimate of drug-likeness (QED) is 0.816. The van der Waals surface area contributed by atoms with Gasteiger partial charge in [-0.3, -0.25) is 4.84 Å². The maximum absolute atomic E-state index is 12.4. The summed E-state index contributed by atoms with van der Waals surface area (Å²) in [5.74, 6) is 0. The maximum atomic E-state index is 12.4. The van der Waals surface area contributed by atoms with Gasteiger partial charge >= 0.3 is 0 Å². The Morgan fingerprint density at radius 2 is 1.71 bits per heavy atom. The lowest BCUT2D eigenvalue weighted by atomic mass is 10.1. The average molecular weight is 300 g/mol. The van der Waals surface area contributed by atoms with Gasteiger partial charge in [0.25, 0.3) is 10.0 Å². The molecule has 1 heterocycles. The first-order chi connectivity index (χ1) is 10.0. The van der Waals surface area contributed by atoms with Crippen LogP contribution >= 0.6 is 0 Å². The summed E-state index contributed by atoms with van der Waals surface area (Å²) in [6, 6.07) is 15.3. The van der Waals surface area contributed by atoms with E-state index in [0.29, 0.717) is 11.1 Å². The third-order valence-corrected chi connectivity index (χ3v) is 4.85. The van der Waals surface area contributed by atoms with Crippen molar-refractivity contribution in [2.24, 2.45) is 0 Å². The molecule has 21 heavy (non-hydrogen) atoms. The van der Waals surface area contributed by atoms with Crippen LogP contribution in [0.2, 0.25) is 0 Å². The number of nitriles is 1. The Labute approximate surface area is 123 Å². The van der Waals surface area contributed by atoms with Gasteiger partial charge in [0.1, 0.15) is 0 Å². The van der Waals surface area contributed by atoms with E-state index in [1.54, 1.807) is 48.5 Å². The van der Waals surface area contributed by atoms with E-state index in [9.17, 15) is 8.42 Å². The molecule has 0 aliphatic carbocycles. The number of rotatable bonds is 3. The summed E-state index contributed by atoms with van der Waals surface area (Å²) in [4.78, 5) is 5.39. The summed E-state index contributed by atoms with van der Waals surface area (Å²) < 4.78 is 25.7. The lowest BCUT2D eigenvalue weighted by molar-refractivity contribution is 0.283. The van der Waals surface area contributed by atoms with Crippen LogP contribution in [0.25, 0.3) is 0 Å². The molecule has 6 heteroatoms. The molecule has 1 aliphatic rings. The molecule has 5 nitrogen and oxygen atoms in total. The van der Waals surface area contributed by atoms with Crippen LogP contribution in [0.5, 0.6) is 0 Å². The van der Waals surface area contributed by atoms with Crippen molar-refractivity contribution in [3.8, 4) is 6.07 Å². The van der Waals surface area contributed by atoms with E-state index < -0.39 is 16.3 Å². The molecule has 2 aromatic carbocycles. The molecule has 0 N–H and O–H groups in total. The van der Waals surface area contributed by atoms with Crippen LogP contribution in [-0.4, -0.2) is 12.9 Å². The Hall–Kier alpha value is -2.20. The molecule has 0 spiro atoms. The van der Waals surface area contributed by atoms with Crippen LogP contribution in [0, 0.1) is 18.3 Å². The van der Waals surface area contributed by atoms with E-state index in [4.69, 9.17) is 10.1 Å². The first kappa shape index (κ1) is 13.8. The zero-order valence-corrected chi connectivity index (χ0v) is 12.0. The number of benzene rings is 2. The van der Waals surface area contributed by atoms with Crippen LogP contribution < -0.4 is 0 Å². The highest BCUT2D eigenvalue weighted by Gasteiger charge is 2.48. The van der Waals surface area contributed by atoms with Crippen molar-refractivity contribution in [1.29, 1.82) is 5.26 Å². The van der Waals surface area contributed by atoms with Gasteiger partial charge in [-0.25, -0.2) is 8.42 Å². The second kappa shape index (κ2) is 4.97. The first-order valence-corrected chi connectivity index (χ1v) is 7.74. The third kappa shape index (κ3) is 2.54. The van der Waals surface area contributed by atoms with Crippen molar-refractivity contribution < 1.29 is 13.3 Å². The molecular formula is C15H12N2O3S. The molecule has 0 amide bonds. The van der Waals surface area contributed by atoms with Crippen molar-refractivity contribution in [1.82, 2.24) is 4.47 Å². The fraction of sp³-hybridized carbons (Fsp3) is 0.133. The standard InChI is InChI=1S/C15H12N2O3S/c1-11-2-8-14(9-3-11)21(18,19)17-15(20-17)13-6-4-12(10-16)5-7-13/h2-9,15H,1H3/t15-,17?/m0/s1. The van der Waals surface area contributed by atoms with Crippen molar-refractivity contribution in [2.45, 2.75) is 18.0 Å². The van der Waals surface area contributed by atoms with Gasteiger partial charge < -0.3 is 0 Å². The van der Waals surface area contributed by atoms with Crippen LogP contribution in [0.4, 0.5) is 0 Å². The van der Waals surface area contributed by atoms with Gasteiger partial charge in [-0.2, -0.15) is 5.26 Å². The average Bonchev–Trinajstić information content (AvgIpc) is 3.29. The number of nitrogens with zero attached hydrogens (tertiary/aromatic N) is 2. The molecule has 1 aliphatic heterocycles. The predicted molar refractivity (Wildman–Crippen MR) is 75.2 cm³/mol. The minimum Gasteiger partial charge on any atom is -0.253 e. The topological polar surface area (TPSA) is 73.5 Å². The van der Waals surface area contributed by atoms with Crippen molar-refractivity contribution in [3.63, 3.8) is 0 Å². The van der Waals surface area contributed by atoms with E-state index in [0.717, 1.165) is 10.0 Å². The van der Waals surface area contributed by atoms with Gasteiger partial charge in [-0.15, -0.1) is 0 Å². The molecule has 2 atom stereocenters. The molecule has 0 radical (unpaired) electrons. The Morgan fingerprint density at radius 3 is 2.29 bits per heavy atom. The zero-order valence-electron chi connectivity index (χ0n) is 11.2. The SMILES string of the molecule is Cc1ccc(S(=O)(=O)N2O[C@H]2c2ccc(C#N)cc2)cc1. The van der Waals surface area contributed by atoms with E-state index in [1.807, 2.05) is 13.0 Å². The van der Waals surface area contributed by atoms with Gasteiger partial charge in [-0.1, -0.05) is 29.8 Å². The van der Waals surface area contributed by atoms with Crippen LogP contribution in [0.3, 0.4) is 0 Å². The molecule has 1 unspecified atom stereocenters. The van der Waals surface area contributed by atoms with E-state index in [-0.39, 0.29) is 4.90 Å². The summed E-state index contributed by atoms with van der Waals surface area (Å²) in [7, 11) is -3.65. The number of hydrogen-bond donors (Lipinski definition) is 0. The fourth-order valence-electron chi connectivity index (χ4n) is 1.97. The smallest absolute Gasteiger partial charge is 0.253 e. The Kier molecular flexibility index (Phi) is 3.26. The Balaban J connectivity index is 1.83. The lowest BCUT2D eigenvalue weighted by Gasteiger charge is -2.03. The number of sulfonamides is 1. The van der Waals surface area contributed by atoms with Crippen molar-refractivity contribution >= 4 is 10.0 Å². The molecule has 106 valence electrons. The second-order valence-electron chi connectivity index (χ2n) is 4.77. The summed E-state index contributed by atoms with van der Waals surface area (Å²) in [5, 5.41) is 8.75. The van der Waals surface area contributed by atoms with Gasteiger partial charge in [0.05, 0.1) is 16.5 Å². The molecule has 3 rings (SSSR count). The van der Waals surface area contributed by atoms with E-state index in [2.05, 4.69) is 0 Å². The normalized spacial score (nSPS) is 20.8. The van der Waals surface area contributed by atoms with Crippen LogP contribution in [0.15, 0.2) is 53.4 Å². The highest BCUT2D eigenvalue weighted by Crippen LogP contribution is 2.42. The van der Waals surface area contributed by atoms with Gasteiger partial charge in [0, 0.05) is 5.56 Å². The summed E-state index contributed by atoms with van der Waals surface area (Å²) in [5.41, 5.74) is 2.21. The van der Waals surface area contributed by atoms with Crippen LogP contribution in [-0.2, 0) is 14.9 Å². The lowest BCUT2D eigenvalue weighted by Crippen LogP contribution is -2.12. The van der Waals surface area contributed by atoms with Crippen molar-refractivity contribution in [2.75, 3.05) is 0 Å². The first-order valence-electron chi connectivity index (χ1n) is 6.30. The second-order valence-corrected chi connectivity index (χ2v) is 6.55. The number of aryl methyl sites for hydroxylation is 1. The molecule has 0 aromatic heterocycles. The maximum Gasteiger partial charge on any atom is 0.267 e. The van der Waals surface area contributed by atoms with Gasteiger partial charge in [-0.05, 0) is 35.7 Å². The third-order valence-electron chi connectivity index (χ3n) is 3.23. The van der Waals surface area contributed by atoms with Gasteiger partial charge in [0.2, 0.25) is 0 Å².